The minimum atomic E-state index is -0.0505. The Morgan fingerprint density at radius 1 is 1.06 bits per heavy atom. The summed E-state index contributed by atoms with van der Waals surface area (Å²) in [5.74, 6) is 1.78. The predicted octanol–water partition coefficient (Wildman–Crippen LogP) is 4.62. The monoisotopic (exact) mass is 442 g/mol. The first-order valence-corrected chi connectivity index (χ1v) is 11.7. The molecule has 0 saturated carbocycles. The van der Waals surface area contributed by atoms with Crippen LogP contribution in [0.25, 0.3) is 16.6 Å². The fraction of sp³-hybridized carbons (Fsp3) is 0.333. The van der Waals surface area contributed by atoms with Gasteiger partial charge in [-0.25, -0.2) is 9.50 Å². The van der Waals surface area contributed by atoms with Crippen LogP contribution in [0, 0.1) is 5.41 Å². The molecule has 1 aromatic carbocycles. The first kappa shape index (κ1) is 21.5. The highest BCUT2D eigenvalue weighted by Gasteiger charge is 2.34. The average molecular weight is 443 g/mol. The third kappa shape index (κ3) is 4.44. The van der Waals surface area contributed by atoms with Gasteiger partial charge in [-0.05, 0) is 56.0 Å². The summed E-state index contributed by atoms with van der Waals surface area (Å²) in [6.45, 7) is 4.60. The van der Waals surface area contributed by atoms with E-state index in [1.165, 1.54) is 5.56 Å². The Bertz CT molecular complexity index is 1200. The minimum absolute atomic E-state index is 0.0505. The van der Waals surface area contributed by atoms with Gasteiger partial charge in [-0.2, -0.15) is 5.10 Å². The van der Waals surface area contributed by atoms with Gasteiger partial charge in [0.1, 0.15) is 11.6 Å². The van der Waals surface area contributed by atoms with Crippen molar-refractivity contribution >= 4 is 11.3 Å². The molecule has 33 heavy (non-hydrogen) atoms. The molecule has 1 fully saturated rings. The lowest BCUT2D eigenvalue weighted by Crippen LogP contribution is -2.43. The molecule has 0 atom stereocenters. The molecule has 1 aliphatic heterocycles. The maximum Gasteiger partial charge on any atom is 0.138 e. The van der Waals surface area contributed by atoms with E-state index in [0.29, 0.717) is 6.61 Å². The summed E-state index contributed by atoms with van der Waals surface area (Å²) >= 11 is 0. The van der Waals surface area contributed by atoms with Gasteiger partial charge in [0.05, 0.1) is 24.5 Å². The second kappa shape index (κ2) is 9.24. The summed E-state index contributed by atoms with van der Waals surface area (Å²) in [5, 5.41) is 14.6. The van der Waals surface area contributed by atoms with E-state index in [4.69, 9.17) is 9.72 Å². The van der Waals surface area contributed by atoms with Crippen molar-refractivity contribution < 1.29 is 9.84 Å². The Kier molecular flexibility index (Phi) is 6.01. The lowest BCUT2D eigenvalue weighted by Gasteiger charge is -2.41. The number of nitrogens with zero attached hydrogens (tertiary/aromatic N) is 4. The summed E-state index contributed by atoms with van der Waals surface area (Å²) in [6, 6.07) is 18.8. The number of aliphatic hydroxyl groups excluding tert-OH is 1. The van der Waals surface area contributed by atoms with Gasteiger partial charge in [-0.1, -0.05) is 30.3 Å². The normalized spacial score (nSPS) is 15.6. The molecule has 0 radical (unpaired) electrons. The van der Waals surface area contributed by atoms with E-state index in [2.05, 4.69) is 52.5 Å². The molecule has 4 aromatic rings. The highest BCUT2D eigenvalue weighted by molar-refractivity contribution is 5.81. The smallest absolute Gasteiger partial charge is 0.138 e. The zero-order valence-corrected chi connectivity index (χ0v) is 19.0. The number of pyridine rings is 2. The number of aromatic nitrogens is 3. The fourth-order valence-electron chi connectivity index (χ4n) is 4.84. The van der Waals surface area contributed by atoms with Crippen LogP contribution < -0.4 is 9.64 Å². The highest BCUT2D eigenvalue weighted by Crippen LogP contribution is 2.36. The lowest BCUT2D eigenvalue weighted by molar-refractivity contribution is 0.0961. The standard InChI is InChI=1S/C27H30N4O2/c1-2-33-23-16-24(25-10-13-29-31(25)19-23)22-8-9-26(28-18-22)30-14-11-27(20-32,12-15-30)17-21-6-4-3-5-7-21/h3-10,13,16,18-19,32H,2,11-12,14-15,17,20H2,1H3. The van der Waals surface area contributed by atoms with Gasteiger partial charge >= 0.3 is 0 Å². The van der Waals surface area contributed by atoms with Crippen molar-refractivity contribution in [2.75, 3.05) is 31.2 Å². The lowest BCUT2D eigenvalue weighted by atomic mass is 9.74. The van der Waals surface area contributed by atoms with Crippen LogP contribution >= 0.6 is 0 Å². The molecular formula is C27H30N4O2. The number of aliphatic hydroxyl groups is 1. The third-order valence-electron chi connectivity index (χ3n) is 6.76. The largest absolute Gasteiger partial charge is 0.492 e. The van der Waals surface area contributed by atoms with Gasteiger partial charge in [-0.3, -0.25) is 0 Å². The number of fused-ring (bicyclic) bond motifs is 1. The molecule has 6 heteroatoms. The van der Waals surface area contributed by atoms with Gasteiger partial charge in [0.25, 0.3) is 0 Å². The average Bonchev–Trinajstić information content (AvgIpc) is 3.34. The molecular weight excluding hydrogens is 412 g/mol. The molecule has 170 valence electrons. The maximum atomic E-state index is 10.2. The van der Waals surface area contributed by atoms with Crippen molar-refractivity contribution in [1.29, 1.82) is 0 Å². The first-order chi connectivity index (χ1) is 16.2. The molecule has 5 rings (SSSR count). The first-order valence-electron chi connectivity index (χ1n) is 11.7. The van der Waals surface area contributed by atoms with E-state index in [0.717, 1.165) is 60.6 Å². The highest BCUT2D eigenvalue weighted by atomic mass is 16.5. The van der Waals surface area contributed by atoms with Crippen molar-refractivity contribution in [3.63, 3.8) is 0 Å². The van der Waals surface area contributed by atoms with Gasteiger partial charge in [0.2, 0.25) is 0 Å². The Morgan fingerprint density at radius 2 is 1.88 bits per heavy atom. The summed E-state index contributed by atoms with van der Waals surface area (Å²) in [7, 11) is 0. The molecule has 1 saturated heterocycles. The molecule has 0 aliphatic carbocycles. The molecule has 0 amide bonds. The van der Waals surface area contributed by atoms with E-state index < -0.39 is 0 Å². The number of hydrogen-bond acceptors (Lipinski definition) is 5. The Balaban J connectivity index is 1.32. The van der Waals surface area contributed by atoms with Crippen LogP contribution in [0.2, 0.25) is 0 Å². The molecule has 6 nitrogen and oxygen atoms in total. The van der Waals surface area contributed by atoms with Crippen molar-refractivity contribution in [1.82, 2.24) is 14.6 Å². The van der Waals surface area contributed by atoms with E-state index >= 15 is 0 Å². The number of benzene rings is 1. The van der Waals surface area contributed by atoms with Crippen molar-refractivity contribution in [3.05, 3.63) is 78.8 Å². The topological polar surface area (TPSA) is 62.9 Å². The second-order valence-corrected chi connectivity index (χ2v) is 8.90. The van der Waals surface area contributed by atoms with Gasteiger partial charge in [0.15, 0.2) is 0 Å². The minimum Gasteiger partial charge on any atom is -0.492 e. The zero-order chi connectivity index (χ0) is 22.7. The van der Waals surface area contributed by atoms with Crippen LogP contribution in [0.1, 0.15) is 25.3 Å². The number of rotatable bonds is 7. The Morgan fingerprint density at radius 3 is 2.58 bits per heavy atom. The maximum absolute atomic E-state index is 10.2. The van der Waals surface area contributed by atoms with Crippen LogP contribution in [-0.2, 0) is 6.42 Å². The molecule has 0 spiro atoms. The molecule has 1 aliphatic rings. The van der Waals surface area contributed by atoms with Gasteiger partial charge in [-0.15, -0.1) is 0 Å². The molecule has 4 heterocycles. The van der Waals surface area contributed by atoms with Crippen LogP contribution in [0.15, 0.2) is 73.2 Å². The number of anilines is 1. The van der Waals surface area contributed by atoms with Gasteiger partial charge in [0, 0.05) is 42.4 Å². The second-order valence-electron chi connectivity index (χ2n) is 8.90. The van der Waals surface area contributed by atoms with Crippen LogP contribution in [0.5, 0.6) is 5.75 Å². The van der Waals surface area contributed by atoms with Crippen molar-refractivity contribution in [2.45, 2.75) is 26.2 Å². The Hall–Kier alpha value is -3.38. The molecule has 0 unspecified atom stereocenters. The van der Waals surface area contributed by atoms with E-state index in [9.17, 15) is 5.11 Å². The quantitative estimate of drug-likeness (QED) is 0.453. The van der Waals surface area contributed by atoms with Gasteiger partial charge < -0.3 is 14.7 Å². The van der Waals surface area contributed by atoms with E-state index in [-0.39, 0.29) is 12.0 Å². The summed E-state index contributed by atoms with van der Waals surface area (Å²) in [4.78, 5) is 7.12. The molecule has 1 N–H and O–H groups in total. The fourth-order valence-corrected chi connectivity index (χ4v) is 4.84. The predicted molar refractivity (Wildman–Crippen MR) is 131 cm³/mol. The van der Waals surface area contributed by atoms with Crippen molar-refractivity contribution in [3.8, 4) is 16.9 Å². The SMILES string of the molecule is CCOc1cc(-c2ccc(N3CCC(CO)(Cc4ccccc4)CC3)nc2)c2ccnn2c1. The van der Waals surface area contributed by atoms with Crippen LogP contribution in [0.3, 0.4) is 0 Å². The van der Waals surface area contributed by atoms with Crippen molar-refractivity contribution in [2.24, 2.45) is 5.41 Å². The Labute approximate surface area is 194 Å². The van der Waals surface area contributed by atoms with E-state index in [1.807, 2.05) is 36.0 Å². The van der Waals surface area contributed by atoms with Crippen LogP contribution in [-0.4, -0.2) is 46.0 Å². The number of ether oxygens (including phenoxy) is 1. The molecule has 3 aromatic heterocycles. The number of hydrogen-bond donors (Lipinski definition) is 1. The molecule has 0 bridgehead atoms. The zero-order valence-electron chi connectivity index (χ0n) is 19.0. The summed E-state index contributed by atoms with van der Waals surface area (Å²) in [6.07, 6.45) is 8.46. The summed E-state index contributed by atoms with van der Waals surface area (Å²) in [5.41, 5.74) is 4.36. The van der Waals surface area contributed by atoms with Crippen LogP contribution in [0.4, 0.5) is 5.82 Å². The van der Waals surface area contributed by atoms with E-state index in [1.54, 1.807) is 6.20 Å². The third-order valence-corrected chi connectivity index (χ3v) is 6.76. The number of piperidine rings is 1. The summed E-state index contributed by atoms with van der Waals surface area (Å²) < 4.78 is 7.57.